The van der Waals surface area contributed by atoms with Gasteiger partial charge in [-0.2, -0.15) is 0 Å². The number of hydrogen-bond donors (Lipinski definition) is 0. The molecule has 0 N–H and O–H groups in total. The van der Waals surface area contributed by atoms with Gasteiger partial charge in [0.05, 0.1) is 12.3 Å². The van der Waals surface area contributed by atoms with E-state index in [1.807, 2.05) is 0 Å². The lowest BCUT2D eigenvalue weighted by Crippen LogP contribution is -2.66. The zero-order chi connectivity index (χ0) is 9.12. The molecule has 4 heteroatoms. The summed E-state index contributed by atoms with van der Waals surface area (Å²) >= 11 is 0. The van der Waals surface area contributed by atoms with Crippen LogP contribution in [0.15, 0.2) is 0 Å². The molecule has 0 bridgehead atoms. The van der Waals surface area contributed by atoms with Crippen LogP contribution in [0.5, 0.6) is 0 Å². The molecule has 0 amide bonds. The van der Waals surface area contributed by atoms with Crippen molar-refractivity contribution in [2.24, 2.45) is 0 Å². The first-order valence-electron chi connectivity index (χ1n) is 5.90. The topological polar surface area (TPSA) is 13.0 Å². The maximum Gasteiger partial charge on any atom is 0.0923 e. The lowest BCUT2D eigenvalue weighted by molar-refractivity contribution is -0.0745. The Bertz CT molecular complexity index is 207. The quantitative estimate of drug-likeness (QED) is 0.485. The van der Waals surface area contributed by atoms with Crippen molar-refractivity contribution < 1.29 is 0 Å². The number of hydrogen-bond acceptors (Lipinski definition) is 4. The first kappa shape index (κ1) is 8.05. The SMILES string of the molecule is C1CN2CCN3CCN4CCN1C2C43. The van der Waals surface area contributed by atoms with Crippen molar-refractivity contribution in [3.63, 3.8) is 0 Å². The molecule has 4 aliphatic rings. The molecule has 14 heavy (non-hydrogen) atoms. The highest BCUT2D eigenvalue weighted by atomic mass is 15.6. The van der Waals surface area contributed by atoms with E-state index in [0.717, 1.165) is 12.3 Å². The smallest absolute Gasteiger partial charge is 0.0923 e. The van der Waals surface area contributed by atoms with E-state index in [0.29, 0.717) is 0 Å². The van der Waals surface area contributed by atoms with Crippen LogP contribution in [-0.2, 0) is 0 Å². The van der Waals surface area contributed by atoms with Crippen molar-refractivity contribution >= 4 is 0 Å². The van der Waals surface area contributed by atoms with Gasteiger partial charge < -0.3 is 0 Å². The van der Waals surface area contributed by atoms with Crippen molar-refractivity contribution in [2.75, 3.05) is 52.4 Å². The minimum Gasteiger partial charge on any atom is -0.283 e. The van der Waals surface area contributed by atoms with E-state index in [1.54, 1.807) is 0 Å². The molecule has 0 saturated carbocycles. The third kappa shape index (κ3) is 0.877. The number of rotatable bonds is 0. The fraction of sp³-hybridized carbons (Fsp3) is 1.00. The zero-order valence-corrected chi connectivity index (χ0v) is 8.60. The monoisotopic (exact) mass is 194 g/mol. The highest BCUT2D eigenvalue weighted by Gasteiger charge is 2.50. The Hall–Kier alpha value is -0.160. The molecular weight excluding hydrogens is 176 g/mol. The molecule has 4 rings (SSSR count). The Balaban J connectivity index is 1.73. The van der Waals surface area contributed by atoms with Gasteiger partial charge in [-0.15, -0.1) is 0 Å². The average molecular weight is 194 g/mol. The Morgan fingerprint density at radius 1 is 0.429 bits per heavy atom. The fourth-order valence-corrected chi connectivity index (χ4v) is 3.75. The average Bonchev–Trinajstić information content (AvgIpc) is 2.77. The van der Waals surface area contributed by atoms with Crippen molar-refractivity contribution in [1.82, 2.24) is 19.6 Å². The summed E-state index contributed by atoms with van der Waals surface area (Å²) in [7, 11) is 0. The van der Waals surface area contributed by atoms with Crippen LogP contribution >= 0.6 is 0 Å². The van der Waals surface area contributed by atoms with Gasteiger partial charge in [0.25, 0.3) is 0 Å². The van der Waals surface area contributed by atoms with Gasteiger partial charge in [0.2, 0.25) is 0 Å². The van der Waals surface area contributed by atoms with Gasteiger partial charge in [-0.25, -0.2) is 0 Å². The lowest BCUT2D eigenvalue weighted by atomic mass is 10.2. The highest BCUT2D eigenvalue weighted by Crippen LogP contribution is 2.32. The largest absolute Gasteiger partial charge is 0.283 e. The van der Waals surface area contributed by atoms with E-state index in [1.165, 1.54) is 52.4 Å². The van der Waals surface area contributed by atoms with Crippen LogP contribution in [0.1, 0.15) is 0 Å². The molecule has 0 aliphatic carbocycles. The first-order chi connectivity index (χ1) is 6.93. The number of piperazine rings is 2. The maximum atomic E-state index is 2.69. The van der Waals surface area contributed by atoms with Crippen LogP contribution in [0, 0.1) is 0 Å². The third-order valence-corrected chi connectivity index (χ3v) is 4.46. The van der Waals surface area contributed by atoms with Crippen molar-refractivity contribution in [2.45, 2.75) is 12.3 Å². The van der Waals surface area contributed by atoms with E-state index >= 15 is 0 Å². The summed E-state index contributed by atoms with van der Waals surface area (Å²) in [5.41, 5.74) is 0. The molecule has 78 valence electrons. The molecule has 0 unspecified atom stereocenters. The molecule has 0 radical (unpaired) electrons. The molecule has 0 atom stereocenters. The Morgan fingerprint density at radius 2 is 0.643 bits per heavy atom. The molecular formula is C10H18N4. The van der Waals surface area contributed by atoms with Gasteiger partial charge in [-0.1, -0.05) is 0 Å². The molecule has 4 aliphatic heterocycles. The Morgan fingerprint density at radius 3 is 0.857 bits per heavy atom. The minimum absolute atomic E-state index is 0.736. The predicted molar refractivity (Wildman–Crippen MR) is 53.9 cm³/mol. The maximum absolute atomic E-state index is 2.69. The van der Waals surface area contributed by atoms with Crippen molar-refractivity contribution in [1.29, 1.82) is 0 Å². The lowest BCUT2D eigenvalue weighted by Gasteiger charge is -2.49. The summed E-state index contributed by atoms with van der Waals surface area (Å²) in [5.74, 6) is 0. The van der Waals surface area contributed by atoms with Crippen LogP contribution in [0.2, 0.25) is 0 Å². The highest BCUT2D eigenvalue weighted by molar-refractivity contribution is 5.01. The van der Waals surface area contributed by atoms with Crippen LogP contribution in [0.25, 0.3) is 0 Å². The summed E-state index contributed by atoms with van der Waals surface area (Å²) in [6.07, 6.45) is 1.47. The second kappa shape index (κ2) is 2.70. The van der Waals surface area contributed by atoms with Crippen LogP contribution in [0.3, 0.4) is 0 Å². The van der Waals surface area contributed by atoms with Gasteiger partial charge in [0.1, 0.15) is 0 Å². The van der Waals surface area contributed by atoms with Gasteiger partial charge in [0.15, 0.2) is 0 Å². The van der Waals surface area contributed by atoms with Gasteiger partial charge in [-0.3, -0.25) is 19.6 Å². The fourth-order valence-electron chi connectivity index (χ4n) is 3.75. The molecule has 0 aromatic rings. The van der Waals surface area contributed by atoms with Gasteiger partial charge in [-0.05, 0) is 0 Å². The molecule has 4 fully saturated rings. The molecule has 4 nitrogen and oxygen atoms in total. The molecule has 4 saturated heterocycles. The van der Waals surface area contributed by atoms with Crippen LogP contribution < -0.4 is 0 Å². The predicted octanol–water partition coefficient (Wildman–Crippen LogP) is -1.10. The molecule has 0 aromatic heterocycles. The first-order valence-corrected chi connectivity index (χ1v) is 5.90. The summed E-state index contributed by atoms with van der Waals surface area (Å²) in [5, 5.41) is 0. The molecule has 0 aromatic carbocycles. The summed E-state index contributed by atoms with van der Waals surface area (Å²) in [6, 6.07) is 0. The van der Waals surface area contributed by atoms with Gasteiger partial charge >= 0.3 is 0 Å². The van der Waals surface area contributed by atoms with E-state index in [9.17, 15) is 0 Å². The van der Waals surface area contributed by atoms with E-state index in [2.05, 4.69) is 19.6 Å². The Labute approximate surface area is 85.0 Å². The zero-order valence-electron chi connectivity index (χ0n) is 8.60. The second-order valence-electron chi connectivity index (χ2n) is 4.97. The van der Waals surface area contributed by atoms with E-state index in [-0.39, 0.29) is 0 Å². The van der Waals surface area contributed by atoms with E-state index < -0.39 is 0 Å². The van der Waals surface area contributed by atoms with Crippen molar-refractivity contribution in [3.05, 3.63) is 0 Å². The van der Waals surface area contributed by atoms with Crippen molar-refractivity contribution in [3.8, 4) is 0 Å². The normalized spacial score (nSPS) is 44.6. The molecule has 0 spiro atoms. The summed E-state index contributed by atoms with van der Waals surface area (Å²) < 4.78 is 0. The van der Waals surface area contributed by atoms with E-state index in [4.69, 9.17) is 0 Å². The molecule has 4 heterocycles. The second-order valence-corrected chi connectivity index (χ2v) is 4.97. The summed E-state index contributed by atoms with van der Waals surface area (Å²) in [6.45, 7) is 10.4. The Kier molecular flexibility index (Phi) is 1.55. The standard InChI is InChI=1S/C10H18N4/c1-2-12-7-8-14-4-3-13-6-5-11(1)9(12)10(13)14/h9-10H,1-8H2. The number of nitrogens with zero attached hydrogens (tertiary/aromatic N) is 4. The third-order valence-electron chi connectivity index (χ3n) is 4.46. The van der Waals surface area contributed by atoms with Crippen LogP contribution in [-0.4, -0.2) is 84.3 Å². The van der Waals surface area contributed by atoms with Gasteiger partial charge in [0, 0.05) is 52.4 Å². The summed E-state index contributed by atoms with van der Waals surface area (Å²) in [4.78, 5) is 10.8. The van der Waals surface area contributed by atoms with Crippen LogP contribution in [0.4, 0.5) is 0 Å². The minimum atomic E-state index is 0.736.